The van der Waals surface area contributed by atoms with E-state index in [2.05, 4.69) is 36.4 Å². The summed E-state index contributed by atoms with van der Waals surface area (Å²) in [6, 6.07) is 0. The summed E-state index contributed by atoms with van der Waals surface area (Å²) < 4.78 is 0. The summed E-state index contributed by atoms with van der Waals surface area (Å²) in [7, 11) is 0. The van der Waals surface area contributed by atoms with Gasteiger partial charge in [0.2, 0.25) is 5.91 Å². The monoisotopic (exact) mass is 343 g/mol. The predicted octanol–water partition coefficient (Wildman–Crippen LogP) is 3.58. The molecule has 6 heteroatoms. The van der Waals surface area contributed by atoms with Crippen LogP contribution in [0.15, 0.2) is 6.20 Å². The van der Waals surface area contributed by atoms with Crippen molar-refractivity contribution in [1.29, 1.82) is 0 Å². The molecule has 1 aliphatic carbocycles. The first-order chi connectivity index (χ1) is 9.92. The molecule has 2 aliphatic rings. The van der Waals surface area contributed by atoms with Gasteiger partial charge in [-0.2, -0.15) is 0 Å². The number of fused-ring (bicyclic) bond motifs is 1. The molecule has 2 fully saturated rings. The summed E-state index contributed by atoms with van der Waals surface area (Å²) in [4.78, 5) is 18.4. The Morgan fingerprint density at radius 3 is 2.91 bits per heavy atom. The fourth-order valence-electron chi connectivity index (χ4n) is 3.59. The third-order valence-corrected chi connectivity index (χ3v) is 6.29. The van der Waals surface area contributed by atoms with Gasteiger partial charge in [-0.05, 0) is 30.7 Å². The number of aromatic nitrogens is 1. The molecule has 3 rings (SSSR count). The van der Waals surface area contributed by atoms with Crippen molar-refractivity contribution in [3.8, 4) is 0 Å². The van der Waals surface area contributed by atoms with Crippen LogP contribution in [-0.4, -0.2) is 24.0 Å². The van der Waals surface area contributed by atoms with E-state index in [1.807, 2.05) is 6.20 Å². The zero-order valence-electron chi connectivity index (χ0n) is 13.6. The molecule has 1 aromatic heterocycles. The smallest absolute Gasteiger partial charge is 0.233 e. The lowest BCUT2D eigenvalue weighted by molar-refractivity contribution is -0.128. The molecule has 1 saturated heterocycles. The van der Waals surface area contributed by atoms with Gasteiger partial charge in [-0.25, -0.2) is 4.98 Å². The third kappa shape index (κ3) is 3.17. The standard InChI is InChI=1S/C16H25N3OS.ClH/c1-15(2,3)12-9-18-14(21-12)19-13(20)16-7-5-4-6-11(16)8-17-10-16;/h9,11,17H,4-8,10H2,1-3H3,(H,18,19,20);1H/t11-,16+;/m0./s1. The van der Waals surface area contributed by atoms with Crippen LogP contribution in [0.2, 0.25) is 0 Å². The number of nitrogens with zero attached hydrogens (tertiary/aromatic N) is 1. The van der Waals surface area contributed by atoms with Crippen LogP contribution in [0.25, 0.3) is 0 Å². The fraction of sp³-hybridized carbons (Fsp3) is 0.750. The minimum absolute atomic E-state index is 0. The highest BCUT2D eigenvalue weighted by atomic mass is 35.5. The SMILES string of the molecule is CC(C)(C)c1cnc(NC(=O)[C@@]23CCCC[C@H]2CNC3)s1.Cl. The van der Waals surface area contributed by atoms with Gasteiger partial charge >= 0.3 is 0 Å². The lowest BCUT2D eigenvalue weighted by atomic mass is 9.68. The summed E-state index contributed by atoms with van der Waals surface area (Å²) in [5, 5.41) is 7.26. The van der Waals surface area contributed by atoms with Crippen LogP contribution in [0.3, 0.4) is 0 Å². The van der Waals surface area contributed by atoms with E-state index in [9.17, 15) is 4.79 Å². The predicted molar refractivity (Wildman–Crippen MR) is 94.0 cm³/mol. The maximum absolute atomic E-state index is 12.8. The van der Waals surface area contributed by atoms with E-state index in [0.29, 0.717) is 5.92 Å². The number of nitrogens with one attached hydrogen (secondary N) is 2. The van der Waals surface area contributed by atoms with Crippen LogP contribution < -0.4 is 10.6 Å². The van der Waals surface area contributed by atoms with Gasteiger partial charge in [0.15, 0.2) is 5.13 Å². The van der Waals surface area contributed by atoms with Gasteiger partial charge in [0.25, 0.3) is 0 Å². The number of amides is 1. The molecule has 22 heavy (non-hydrogen) atoms. The van der Waals surface area contributed by atoms with E-state index in [4.69, 9.17) is 0 Å². The summed E-state index contributed by atoms with van der Waals surface area (Å²) in [6.07, 6.45) is 6.49. The molecule has 1 aromatic rings. The first-order valence-electron chi connectivity index (χ1n) is 7.90. The summed E-state index contributed by atoms with van der Waals surface area (Å²) >= 11 is 1.60. The highest BCUT2D eigenvalue weighted by molar-refractivity contribution is 7.15. The molecule has 0 spiro atoms. The quantitative estimate of drug-likeness (QED) is 0.863. The van der Waals surface area contributed by atoms with Crippen molar-refractivity contribution in [3.05, 3.63) is 11.1 Å². The van der Waals surface area contributed by atoms with Gasteiger partial charge in [0.05, 0.1) is 5.41 Å². The van der Waals surface area contributed by atoms with Crippen LogP contribution in [0, 0.1) is 11.3 Å². The van der Waals surface area contributed by atoms with Crippen molar-refractivity contribution in [2.75, 3.05) is 18.4 Å². The molecule has 1 saturated carbocycles. The zero-order chi connectivity index (χ0) is 15.1. The third-order valence-electron chi connectivity index (χ3n) is 4.96. The highest BCUT2D eigenvalue weighted by Gasteiger charge is 2.50. The summed E-state index contributed by atoms with van der Waals surface area (Å²) in [5.74, 6) is 0.667. The molecule has 0 aromatic carbocycles. The van der Waals surface area contributed by atoms with Crippen LogP contribution in [-0.2, 0) is 10.2 Å². The molecule has 2 atom stereocenters. The van der Waals surface area contributed by atoms with E-state index in [1.54, 1.807) is 11.3 Å². The van der Waals surface area contributed by atoms with Crippen molar-refractivity contribution in [3.63, 3.8) is 0 Å². The molecule has 124 valence electrons. The molecule has 2 N–H and O–H groups in total. The van der Waals surface area contributed by atoms with Crippen LogP contribution in [0.1, 0.15) is 51.3 Å². The Morgan fingerprint density at radius 2 is 2.23 bits per heavy atom. The average molecular weight is 344 g/mol. The lowest BCUT2D eigenvalue weighted by Gasteiger charge is -2.36. The van der Waals surface area contributed by atoms with Gasteiger partial charge < -0.3 is 10.6 Å². The van der Waals surface area contributed by atoms with E-state index in [0.717, 1.165) is 31.1 Å². The van der Waals surface area contributed by atoms with E-state index in [1.165, 1.54) is 17.7 Å². The van der Waals surface area contributed by atoms with Crippen LogP contribution in [0.5, 0.6) is 0 Å². The minimum Gasteiger partial charge on any atom is -0.315 e. The maximum Gasteiger partial charge on any atom is 0.233 e. The number of thiazole rings is 1. The Kier molecular flexibility index (Phi) is 5.20. The summed E-state index contributed by atoms with van der Waals surface area (Å²) in [6.45, 7) is 8.31. The second-order valence-electron chi connectivity index (χ2n) is 7.46. The average Bonchev–Trinajstić information content (AvgIpc) is 3.04. The van der Waals surface area contributed by atoms with Gasteiger partial charge in [0.1, 0.15) is 0 Å². The van der Waals surface area contributed by atoms with Gasteiger partial charge in [-0.15, -0.1) is 23.7 Å². The van der Waals surface area contributed by atoms with Gasteiger partial charge in [0, 0.05) is 17.6 Å². The molecule has 0 unspecified atom stereocenters. The van der Waals surface area contributed by atoms with Crippen molar-refractivity contribution in [1.82, 2.24) is 10.3 Å². The van der Waals surface area contributed by atoms with Crippen molar-refractivity contribution in [2.45, 2.75) is 51.9 Å². The lowest BCUT2D eigenvalue weighted by Crippen LogP contribution is -2.44. The number of halogens is 1. The van der Waals surface area contributed by atoms with E-state index >= 15 is 0 Å². The fourth-order valence-corrected chi connectivity index (χ4v) is 4.46. The second kappa shape index (κ2) is 6.46. The van der Waals surface area contributed by atoms with Gasteiger partial charge in [-0.1, -0.05) is 33.6 Å². The molecule has 1 amide bonds. The Labute approximate surface area is 142 Å². The number of carbonyl (C=O) groups excluding carboxylic acids is 1. The highest BCUT2D eigenvalue weighted by Crippen LogP contribution is 2.44. The van der Waals surface area contributed by atoms with Crippen LogP contribution >= 0.6 is 23.7 Å². The second-order valence-corrected chi connectivity index (χ2v) is 8.49. The van der Waals surface area contributed by atoms with Crippen LogP contribution in [0.4, 0.5) is 5.13 Å². The van der Waals surface area contributed by atoms with E-state index < -0.39 is 0 Å². The van der Waals surface area contributed by atoms with Crippen molar-refractivity contribution in [2.24, 2.45) is 11.3 Å². The van der Waals surface area contributed by atoms with Gasteiger partial charge in [-0.3, -0.25) is 4.79 Å². The van der Waals surface area contributed by atoms with Crippen molar-refractivity contribution < 1.29 is 4.79 Å². The largest absolute Gasteiger partial charge is 0.315 e. The zero-order valence-corrected chi connectivity index (χ0v) is 15.2. The van der Waals surface area contributed by atoms with Crippen molar-refractivity contribution >= 4 is 34.8 Å². The molecular weight excluding hydrogens is 318 g/mol. The first-order valence-corrected chi connectivity index (χ1v) is 8.72. The Balaban J connectivity index is 0.00000176. The topological polar surface area (TPSA) is 54.0 Å². The molecule has 2 heterocycles. The molecule has 0 bridgehead atoms. The number of carbonyl (C=O) groups is 1. The minimum atomic E-state index is -0.203. The molecule has 1 aliphatic heterocycles. The number of anilines is 1. The Morgan fingerprint density at radius 1 is 1.45 bits per heavy atom. The maximum atomic E-state index is 12.8. The number of hydrogen-bond acceptors (Lipinski definition) is 4. The van der Waals surface area contributed by atoms with E-state index in [-0.39, 0.29) is 29.1 Å². The number of rotatable bonds is 2. The first kappa shape index (κ1) is 17.7. The molecule has 0 radical (unpaired) electrons. The normalized spacial score (nSPS) is 27.9. The molecular formula is C16H26ClN3OS. The Hall–Kier alpha value is -0.650. The molecule has 4 nitrogen and oxygen atoms in total. The summed E-state index contributed by atoms with van der Waals surface area (Å²) in [5.41, 5.74) is -0.118. The number of hydrogen-bond donors (Lipinski definition) is 2. The Bertz CT molecular complexity index is 540.